The Morgan fingerprint density at radius 1 is 1.31 bits per heavy atom. The number of nitrogens with one attached hydrogen (secondary N) is 1. The van der Waals surface area contributed by atoms with Crippen molar-refractivity contribution < 1.29 is 14.6 Å². The van der Waals surface area contributed by atoms with Crippen LogP contribution < -0.4 is 10.1 Å². The van der Waals surface area contributed by atoms with Crippen LogP contribution in [0.15, 0.2) is 42.5 Å². The van der Waals surface area contributed by atoms with Crippen molar-refractivity contribution in [2.24, 2.45) is 0 Å². The van der Waals surface area contributed by atoms with Crippen LogP contribution in [0.5, 0.6) is 5.75 Å². The number of nitriles is 1. The van der Waals surface area contributed by atoms with Gasteiger partial charge < -0.3 is 15.2 Å². The summed E-state index contributed by atoms with van der Waals surface area (Å²) in [6.45, 7) is 1.56. The smallest absolute Gasteiger partial charge is 0.404 e. The number of halogens is 1. The van der Waals surface area contributed by atoms with E-state index in [1.54, 1.807) is 18.2 Å². The molecule has 2 aromatic carbocycles. The van der Waals surface area contributed by atoms with Gasteiger partial charge in [-0.1, -0.05) is 35.9 Å². The van der Waals surface area contributed by atoms with Gasteiger partial charge >= 0.3 is 6.09 Å². The maximum absolute atomic E-state index is 11.1. The molecule has 0 spiro atoms. The number of rotatable bonds is 4. The van der Waals surface area contributed by atoms with E-state index >= 15 is 0 Å². The zero-order valence-electron chi connectivity index (χ0n) is 15.8. The summed E-state index contributed by atoms with van der Waals surface area (Å²) in [5.41, 5.74) is 2.86. The number of hydrogen-bond acceptors (Lipinski definition) is 4. The second-order valence-corrected chi connectivity index (χ2v) is 7.96. The van der Waals surface area contributed by atoms with Crippen molar-refractivity contribution in [3.8, 4) is 11.8 Å². The quantitative estimate of drug-likeness (QED) is 0.794. The molecule has 150 valence electrons. The number of ether oxygens (including phenoxy) is 1. The second kappa shape index (κ2) is 8.32. The summed E-state index contributed by atoms with van der Waals surface area (Å²) in [5.74, 6) is 0.551. The highest BCUT2D eigenvalue weighted by Crippen LogP contribution is 2.40. The minimum absolute atomic E-state index is 0.0795. The number of carbonyl (C=O) groups is 1. The standard InChI is InChI=1S/C22H22ClN3O3/c23-18-10-14(12-24)7-8-20(18)29-21-17-6-2-1-4-15(17)11-19(21)26-9-3-5-16(13-26)25-22(27)28/h1-2,4,6-8,10,16,19,21,25H,3,5,9,11,13H2,(H,27,28)/t16-,19-,21-/m1/s1. The van der Waals surface area contributed by atoms with Gasteiger partial charge in [0.05, 0.1) is 22.7 Å². The van der Waals surface area contributed by atoms with Gasteiger partial charge in [0.15, 0.2) is 0 Å². The average Bonchev–Trinajstić information content (AvgIpc) is 3.08. The molecule has 0 unspecified atom stereocenters. The fourth-order valence-corrected chi connectivity index (χ4v) is 4.63. The zero-order valence-corrected chi connectivity index (χ0v) is 16.6. The molecule has 2 aromatic rings. The molecule has 2 aliphatic rings. The minimum atomic E-state index is -0.983. The van der Waals surface area contributed by atoms with Crippen molar-refractivity contribution in [2.45, 2.75) is 37.5 Å². The van der Waals surface area contributed by atoms with Crippen molar-refractivity contribution in [2.75, 3.05) is 13.1 Å². The van der Waals surface area contributed by atoms with Gasteiger partial charge in [0.1, 0.15) is 11.9 Å². The van der Waals surface area contributed by atoms with Crippen LogP contribution in [0.25, 0.3) is 0 Å². The average molecular weight is 412 g/mol. The molecule has 1 aliphatic heterocycles. The lowest BCUT2D eigenvalue weighted by Crippen LogP contribution is -2.52. The minimum Gasteiger partial charge on any atom is -0.482 e. The molecule has 2 N–H and O–H groups in total. The molecule has 1 fully saturated rings. The first-order valence-electron chi connectivity index (χ1n) is 9.73. The number of hydrogen-bond donors (Lipinski definition) is 2. The lowest BCUT2D eigenvalue weighted by Gasteiger charge is -2.39. The normalized spacial score (nSPS) is 23.8. The monoisotopic (exact) mass is 411 g/mol. The lowest BCUT2D eigenvalue weighted by molar-refractivity contribution is 0.0546. The van der Waals surface area contributed by atoms with Gasteiger partial charge in [-0.2, -0.15) is 5.26 Å². The van der Waals surface area contributed by atoms with Crippen molar-refractivity contribution in [1.82, 2.24) is 10.2 Å². The summed E-state index contributed by atoms with van der Waals surface area (Å²) in [4.78, 5) is 13.4. The molecule has 0 bridgehead atoms. The van der Waals surface area contributed by atoms with Crippen LogP contribution in [0.4, 0.5) is 4.79 Å². The Bertz CT molecular complexity index is 959. The van der Waals surface area contributed by atoms with E-state index in [0.29, 0.717) is 22.9 Å². The molecule has 1 amide bonds. The number of carboxylic acid groups (broad SMARTS) is 1. The van der Waals surface area contributed by atoms with Crippen molar-refractivity contribution in [1.29, 1.82) is 5.26 Å². The molecular formula is C22H22ClN3O3. The van der Waals surface area contributed by atoms with Crippen LogP contribution in [0, 0.1) is 11.3 Å². The third-order valence-corrected chi connectivity index (χ3v) is 6.00. The zero-order chi connectivity index (χ0) is 20.4. The van der Waals surface area contributed by atoms with Crippen molar-refractivity contribution >= 4 is 17.7 Å². The molecule has 3 atom stereocenters. The van der Waals surface area contributed by atoms with Crippen LogP contribution in [-0.2, 0) is 6.42 Å². The Labute approximate surface area is 174 Å². The van der Waals surface area contributed by atoms with E-state index < -0.39 is 6.09 Å². The molecule has 6 nitrogen and oxygen atoms in total. The summed E-state index contributed by atoms with van der Waals surface area (Å²) >= 11 is 6.36. The molecule has 0 radical (unpaired) electrons. The molecule has 29 heavy (non-hydrogen) atoms. The molecule has 0 aromatic heterocycles. The molecule has 1 heterocycles. The van der Waals surface area contributed by atoms with Crippen LogP contribution in [0.3, 0.4) is 0 Å². The molecule has 0 saturated carbocycles. The molecule has 1 aliphatic carbocycles. The highest BCUT2D eigenvalue weighted by Gasteiger charge is 2.40. The fourth-order valence-electron chi connectivity index (χ4n) is 4.40. The Morgan fingerprint density at radius 2 is 2.14 bits per heavy atom. The van der Waals surface area contributed by atoms with Gasteiger partial charge in [0.2, 0.25) is 0 Å². The van der Waals surface area contributed by atoms with E-state index in [-0.39, 0.29) is 18.2 Å². The topological polar surface area (TPSA) is 85.6 Å². The van der Waals surface area contributed by atoms with Crippen LogP contribution in [0.2, 0.25) is 5.02 Å². The third kappa shape index (κ3) is 4.16. The Balaban J connectivity index is 1.60. The number of nitrogens with zero attached hydrogens (tertiary/aromatic N) is 2. The predicted molar refractivity (Wildman–Crippen MR) is 109 cm³/mol. The second-order valence-electron chi connectivity index (χ2n) is 7.55. The van der Waals surface area contributed by atoms with Crippen LogP contribution in [-0.4, -0.2) is 41.3 Å². The van der Waals surface area contributed by atoms with E-state index in [1.807, 2.05) is 12.1 Å². The molecule has 4 rings (SSSR count). The first-order chi connectivity index (χ1) is 14.0. The maximum Gasteiger partial charge on any atom is 0.404 e. The van der Waals surface area contributed by atoms with E-state index in [4.69, 9.17) is 26.7 Å². The lowest BCUT2D eigenvalue weighted by atomic mass is 10.0. The summed E-state index contributed by atoms with van der Waals surface area (Å²) in [6.07, 6.45) is 1.43. The summed E-state index contributed by atoms with van der Waals surface area (Å²) in [5, 5.41) is 21.2. The third-order valence-electron chi connectivity index (χ3n) is 5.70. The predicted octanol–water partition coefficient (Wildman–Crippen LogP) is 3.99. The Kier molecular flexibility index (Phi) is 5.61. The van der Waals surface area contributed by atoms with Crippen LogP contribution in [0.1, 0.15) is 35.6 Å². The van der Waals surface area contributed by atoms with E-state index in [0.717, 1.165) is 31.4 Å². The van der Waals surface area contributed by atoms with E-state index in [1.165, 1.54) is 5.56 Å². The molecular weight excluding hydrogens is 390 g/mol. The van der Waals surface area contributed by atoms with Crippen molar-refractivity contribution in [3.05, 3.63) is 64.2 Å². The van der Waals surface area contributed by atoms with Gasteiger partial charge in [0, 0.05) is 12.6 Å². The summed E-state index contributed by atoms with van der Waals surface area (Å²) in [6, 6.07) is 15.4. The number of amides is 1. The molecule has 7 heteroatoms. The van der Waals surface area contributed by atoms with Crippen LogP contribution >= 0.6 is 11.6 Å². The summed E-state index contributed by atoms with van der Waals surface area (Å²) < 4.78 is 6.39. The number of likely N-dealkylation sites (tertiary alicyclic amines) is 1. The number of piperidine rings is 1. The summed E-state index contributed by atoms with van der Waals surface area (Å²) in [7, 11) is 0. The highest BCUT2D eigenvalue weighted by atomic mass is 35.5. The number of fused-ring (bicyclic) bond motifs is 1. The molecule has 1 saturated heterocycles. The largest absolute Gasteiger partial charge is 0.482 e. The first kappa shape index (κ1) is 19.6. The van der Waals surface area contributed by atoms with Gasteiger partial charge in [0.25, 0.3) is 0 Å². The fraction of sp³-hybridized carbons (Fsp3) is 0.364. The number of benzene rings is 2. The Hall–Kier alpha value is -2.75. The highest BCUT2D eigenvalue weighted by molar-refractivity contribution is 6.32. The SMILES string of the molecule is N#Cc1ccc(O[C@@H]2c3ccccc3C[C@H]2N2CCC[C@@H](NC(=O)O)C2)c(Cl)c1. The maximum atomic E-state index is 11.1. The van der Waals surface area contributed by atoms with Gasteiger partial charge in [-0.05, 0) is 55.1 Å². The Morgan fingerprint density at radius 3 is 2.90 bits per heavy atom. The van der Waals surface area contributed by atoms with Gasteiger partial charge in [-0.3, -0.25) is 4.90 Å². The van der Waals surface area contributed by atoms with E-state index in [9.17, 15) is 4.79 Å². The van der Waals surface area contributed by atoms with Gasteiger partial charge in [-0.25, -0.2) is 4.79 Å². The van der Waals surface area contributed by atoms with Crippen molar-refractivity contribution in [3.63, 3.8) is 0 Å². The first-order valence-corrected chi connectivity index (χ1v) is 10.1. The van der Waals surface area contributed by atoms with Gasteiger partial charge in [-0.15, -0.1) is 0 Å². The van der Waals surface area contributed by atoms with E-state index in [2.05, 4.69) is 28.4 Å².